The Labute approximate surface area is 210 Å². The summed E-state index contributed by atoms with van der Waals surface area (Å²) >= 11 is 6.28. The first-order chi connectivity index (χ1) is 17.1. The highest BCUT2D eigenvalue weighted by atomic mass is 35.5. The predicted molar refractivity (Wildman–Crippen MR) is 136 cm³/mol. The van der Waals surface area contributed by atoms with Gasteiger partial charge in [-0.2, -0.15) is 0 Å². The molecule has 180 valence electrons. The van der Waals surface area contributed by atoms with Gasteiger partial charge in [-0.05, 0) is 36.2 Å². The van der Waals surface area contributed by atoms with E-state index in [1.54, 1.807) is 18.3 Å². The topological polar surface area (TPSA) is 65.5 Å². The lowest BCUT2D eigenvalue weighted by molar-refractivity contribution is -0.133. The van der Waals surface area contributed by atoms with Gasteiger partial charge in [-0.25, -0.2) is 0 Å². The van der Waals surface area contributed by atoms with E-state index in [9.17, 15) is 9.59 Å². The summed E-state index contributed by atoms with van der Waals surface area (Å²) in [4.78, 5) is 35.0. The fourth-order valence-corrected chi connectivity index (χ4v) is 5.46. The Hall–Kier alpha value is -3.22. The van der Waals surface area contributed by atoms with E-state index < -0.39 is 5.66 Å². The number of piperidine rings is 1. The molecule has 7 heteroatoms. The summed E-state index contributed by atoms with van der Waals surface area (Å²) in [6, 6.07) is 22.8. The summed E-state index contributed by atoms with van der Waals surface area (Å²) in [5.41, 5.74) is 2.15. The molecule has 2 aliphatic heterocycles. The van der Waals surface area contributed by atoms with Crippen LogP contribution < -0.4 is 5.32 Å². The van der Waals surface area contributed by atoms with Crippen LogP contribution in [0.5, 0.6) is 0 Å². The van der Waals surface area contributed by atoms with Gasteiger partial charge in [-0.15, -0.1) is 0 Å². The van der Waals surface area contributed by atoms with Gasteiger partial charge in [0.15, 0.2) is 0 Å². The third kappa shape index (κ3) is 4.95. The molecule has 2 amide bonds. The molecule has 1 N–H and O–H groups in total. The van der Waals surface area contributed by atoms with Crippen LogP contribution in [0.1, 0.15) is 34.5 Å². The molecule has 0 aliphatic carbocycles. The van der Waals surface area contributed by atoms with Crippen molar-refractivity contribution in [3.63, 3.8) is 0 Å². The molecule has 3 heterocycles. The number of hydrogen-bond donors (Lipinski definition) is 1. The summed E-state index contributed by atoms with van der Waals surface area (Å²) in [7, 11) is 0. The minimum Gasteiger partial charge on any atom is -0.338 e. The van der Waals surface area contributed by atoms with Gasteiger partial charge in [-0.3, -0.25) is 19.9 Å². The van der Waals surface area contributed by atoms with E-state index in [-0.39, 0.29) is 17.9 Å². The average Bonchev–Trinajstić information content (AvgIpc) is 3.14. The number of likely N-dealkylation sites (tertiary alicyclic amines) is 1. The van der Waals surface area contributed by atoms with Gasteiger partial charge < -0.3 is 9.80 Å². The Balaban J connectivity index is 1.34. The Morgan fingerprint density at radius 2 is 1.71 bits per heavy atom. The normalized spacial score (nSPS) is 19.3. The molecule has 0 bridgehead atoms. The van der Waals surface area contributed by atoms with Gasteiger partial charge >= 0.3 is 0 Å². The molecule has 0 saturated carbocycles. The van der Waals surface area contributed by atoms with Crippen molar-refractivity contribution in [1.82, 2.24) is 20.1 Å². The monoisotopic (exact) mass is 488 g/mol. The zero-order valence-electron chi connectivity index (χ0n) is 19.6. The van der Waals surface area contributed by atoms with Crippen molar-refractivity contribution < 1.29 is 9.59 Å². The molecule has 1 unspecified atom stereocenters. The second-order valence-electron chi connectivity index (χ2n) is 9.25. The second kappa shape index (κ2) is 10.2. The Kier molecular flexibility index (Phi) is 6.84. The van der Waals surface area contributed by atoms with Crippen LogP contribution in [-0.2, 0) is 17.6 Å². The summed E-state index contributed by atoms with van der Waals surface area (Å²) in [6.45, 7) is 1.71. The number of nitrogens with zero attached hydrogens (tertiary/aromatic N) is 3. The molecule has 2 saturated heterocycles. The number of aromatic nitrogens is 1. The first kappa shape index (κ1) is 23.5. The van der Waals surface area contributed by atoms with Crippen molar-refractivity contribution in [3.05, 3.63) is 101 Å². The highest BCUT2D eigenvalue weighted by molar-refractivity contribution is 6.33. The van der Waals surface area contributed by atoms with Crippen molar-refractivity contribution in [3.8, 4) is 0 Å². The van der Waals surface area contributed by atoms with E-state index >= 15 is 0 Å². The molecule has 1 spiro atoms. The van der Waals surface area contributed by atoms with Crippen LogP contribution in [0.2, 0.25) is 5.02 Å². The largest absolute Gasteiger partial charge is 0.338 e. The van der Waals surface area contributed by atoms with E-state index in [4.69, 9.17) is 11.6 Å². The number of pyridine rings is 1. The van der Waals surface area contributed by atoms with Gasteiger partial charge in [0.25, 0.3) is 5.91 Å². The Morgan fingerprint density at radius 1 is 1.00 bits per heavy atom. The number of hydrogen-bond acceptors (Lipinski definition) is 4. The van der Waals surface area contributed by atoms with E-state index in [0.29, 0.717) is 55.9 Å². The number of carbonyl (C=O) groups is 2. The molecular weight excluding hydrogens is 460 g/mol. The van der Waals surface area contributed by atoms with E-state index in [2.05, 4.69) is 22.4 Å². The zero-order valence-corrected chi connectivity index (χ0v) is 20.3. The third-order valence-corrected chi connectivity index (χ3v) is 7.44. The van der Waals surface area contributed by atoms with Crippen LogP contribution in [0.3, 0.4) is 0 Å². The van der Waals surface area contributed by atoms with Gasteiger partial charge in [0.05, 0.1) is 22.3 Å². The highest BCUT2D eigenvalue weighted by Crippen LogP contribution is 2.34. The summed E-state index contributed by atoms with van der Waals surface area (Å²) in [5.74, 6) is 0.0614. The molecule has 35 heavy (non-hydrogen) atoms. The number of rotatable bonds is 6. The van der Waals surface area contributed by atoms with Crippen LogP contribution in [0.15, 0.2) is 79.0 Å². The van der Waals surface area contributed by atoms with Crippen LogP contribution in [-0.4, -0.2) is 57.9 Å². The van der Waals surface area contributed by atoms with E-state index in [1.807, 2.05) is 58.3 Å². The van der Waals surface area contributed by atoms with Crippen LogP contribution in [0.25, 0.3) is 0 Å². The lowest BCUT2D eigenvalue weighted by atomic mass is 9.95. The zero-order chi connectivity index (χ0) is 24.3. The third-order valence-electron chi connectivity index (χ3n) is 7.11. The Bertz CT molecular complexity index is 1180. The first-order valence-electron chi connectivity index (χ1n) is 12.1. The maximum Gasteiger partial charge on any atom is 0.255 e. The summed E-state index contributed by atoms with van der Waals surface area (Å²) in [5, 5.41) is 4.16. The van der Waals surface area contributed by atoms with Gasteiger partial charge in [-0.1, -0.05) is 60.1 Å². The lowest BCUT2D eigenvalue weighted by Crippen LogP contribution is -2.60. The molecule has 2 fully saturated rings. The summed E-state index contributed by atoms with van der Waals surface area (Å²) < 4.78 is 0. The minimum atomic E-state index is -0.470. The first-order valence-corrected chi connectivity index (χ1v) is 12.5. The molecule has 6 nitrogen and oxygen atoms in total. The van der Waals surface area contributed by atoms with Crippen LogP contribution in [0, 0.1) is 0 Å². The minimum absolute atomic E-state index is 0.0596. The average molecular weight is 489 g/mol. The molecule has 2 aliphatic rings. The molecule has 1 aromatic heterocycles. The van der Waals surface area contributed by atoms with Crippen molar-refractivity contribution in [2.75, 3.05) is 19.6 Å². The molecule has 1 atom stereocenters. The van der Waals surface area contributed by atoms with Crippen molar-refractivity contribution in [2.45, 2.75) is 37.4 Å². The van der Waals surface area contributed by atoms with Crippen LogP contribution >= 0.6 is 11.6 Å². The number of amides is 2. The SMILES string of the molecule is O=C(c1ccccc1Cl)N1CCC2(CC1)NC(Cc1ccccc1)C(=O)N2CCc1ccccn1. The second-order valence-corrected chi connectivity index (χ2v) is 9.66. The summed E-state index contributed by atoms with van der Waals surface area (Å²) in [6.07, 6.45) is 4.46. The van der Waals surface area contributed by atoms with Gasteiger partial charge in [0, 0.05) is 50.8 Å². The molecule has 2 aromatic carbocycles. The van der Waals surface area contributed by atoms with Crippen LogP contribution in [0.4, 0.5) is 0 Å². The highest BCUT2D eigenvalue weighted by Gasteiger charge is 2.51. The quantitative estimate of drug-likeness (QED) is 0.570. The van der Waals surface area contributed by atoms with Crippen molar-refractivity contribution >= 4 is 23.4 Å². The van der Waals surface area contributed by atoms with Crippen molar-refractivity contribution in [2.24, 2.45) is 0 Å². The lowest BCUT2D eigenvalue weighted by Gasteiger charge is -2.44. The number of halogens is 1. The fourth-order valence-electron chi connectivity index (χ4n) is 5.25. The molecule has 3 aromatic rings. The number of carbonyl (C=O) groups excluding carboxylic acids is 2. The van der Waals surface area contributed by atoms with E-state index in [1.165, 1.54) is 0 Å². The number of benzene rings is 2. The van der Waals surface area contributed by atoms with Crippen molar-refractivity contribution in [1.29, 1.82) is 0 Å². The maximum atomic E-state index is 13.6. The standard InChI is InChI=1S/C28H29ClN4O2/c29-24-12-5-4-11-23(24)26(34)32-18-14-28(15-19-32)31-25(20-21-8-2-1-3-9-21)27(35)33(28)17-13-22-10-6-7-16-30-22/h1-12,16,25,31H,13-15,17-20H2. The van der Waals surface area contributed by atoms with Gasteiger partial charge in [0.1, 0.15) is 0 Å². The van der Waals surface area contributed by atoms with E-state index in [0.717, 1.165) is 11.3 Å². The Morgan fingerprint density at radius 3 is 2.43 bits per heavy atom. The smallest absolute Gasteiger partial charge is 0.255 e. The fraction of sp³-hybridized carbons (Fsp3) is 0.321. The molecular formula is C28H29ClN4O2. The molecule has 0 radical (unpaired) electrons. The molecule has 5 rings (SSSR count). The number of nitrogens with one attached hydrogen (secondary N) is 1. The predicted octanol–water partition coefficient (Wildman–Crippen LogP) is 3.95. The van der Waals surface area contributed by atoms with Gasteiger partial charge in [0.2, 0.25) is 5.91 Å². The maximum absolute atomic E-state index is 13.6.